The summed E-state index contributed by atoms with van der Waals surface area (Å²) in [6, 6.07) is 14.5. The summed E-state index contributed by atoms with van der Waals surface area (Å²) >= 11 is 6.02. The highest BCUT2D eigenvalue weighted by atomic mass is 35.5. The van der Waals surface area contributed by atoms with Crippen LogP contribution in [0.1, 0.15) is 5.56 Å². The second-order valence-corrected chi connectivity index (χ2v) is 4.88. The zero-order valence-corrected chi connectivity index (χ0v) is 12.7. The van der Waals surface area contributed by atoms with Crippen molar-refractivity contribution in [2.45, 2.75) is 0 Å². The number of hydrogen-bond acceptors (Lipinski definition) is 2. The summed E-state index contributed by atoms with van der Waals surface area (Å²) in [5.41, 5.74) is 1.49. The minimum Gasteiger partial charge on any atom is -0.490 e. The SMILES string of the molecule is C=CCOc1ccc(NC(=O)C=Cc2ccccc2Cl)cc1. The number of benzene rings is 2. The van der Waals surface area contributed by atoms with Crippen LogP contribution in [0, 0.1) is 0 Å². The molecule has 0 aromatic heterocycles. The summed E-state index contributed by atoms with van der Waals surface area (Å²) in [7, 11) is 0. The Hall–Kier alpha value is -2.52. The summed E-state index contributed by atoms with van der Waals surface area (Å²) in [6.07, 6.45) is 4.80. The molecule has 0 heterocycles. The smallest absolute Gasteiger partial charge is 0.248 e. The van der Waals surface area contributed by atoms with Crippen molar-refractivity contribution in [1.29, 1.82) is 0 Å². The lowest BCUT2D eigenvalue weighted by atomic mass is 10.2. The van der Waals surface area contributed by atoms with Crippen molar-refractivity contribution in [1.82, 2.24) is 0 Å². The molecule has 2 aromatic rings. The van der Waals surface area contributed by atoms with Gasteiger partial charge in [-0.15, -0.1) is 0 Å². The molecule has 0 saturated heterocycles. The minimum atomic E-state index is -0.223. The number of anilines is 1. The molecule has 4 heteroatoms. The van der Waals surface area contributed by atoms with Gasteiger partial charge in [-0.3, -0.25) is 4.79 Å². The molecule has 1 amide bonds. The van der Waals surface area contributed by atoms with E-state index < -0.39 is 0 Å². The van der Waals surface area contributed by atoms with Crippen LogP contribution in [0.4, 0.5) is 5.69 Å². The Kier molecular flexibility index (Phi) is 5.81. The number of hydrogen-bond donors (Lipinski definition) is 1. The monoisotopic (exact) mass is 313 g/mol. The maximum absolute atomic E-state index is 11.9. The molecule has 1 N–H and O–H groups in total. The highest BCUT2D eigenvalue weighted by molar-refractivity contribution is 6.32. The molecule has 0 aliphatic heterocycles. The highest BCUT2D eigenvalue weighted by Gasteiger charge is 2.00. The van der Waals surface area contributed by atoms with Crippen LogP contribution in [0.25, 0.3) is 6.08 Å². The van der Waals surface area contributed by atoms with E-state index in [4.69, 9.17) is 16.3 Å². The Morgan fingerprint density at radius 1 is 1.18 bits per heavy atom. The molecule has 0 spiro atoms. The minimum absolute atomic E-state index is 0.223. The van der Waals surface area contributed by atoms with Gasteiger partial charge in [-0.05, 0) is 42.0 Å². The summed E-state index contributed by atoms with van der Waals surface area (Å²) in [4.78, 5) is 11.9. The van der Waals surface area contributed by atoms with E-state index in [1.54, 1.807) is 42.5 Å². The molecule has 0 fully saturated rings. The van der Waals surface area contributed by atoms with Crippen LogP contribution in [-0.2, 0) is 4.79 Å². The maximum atomic E-state index is 11.9. The van der Waals surface area contributed by atoms with E-state index in [9.17, 15) is 4.79 Å². The Morgan fingerprint density at radius 2 is 1.91 bits per heavy atom. The summed E-state index contributed by atoms with van der Waals surface area (Å²) in [5, 5.41) is 3.38. The third-order valence-corrected chi connectivity index (χ3v) is 3.15. The lowest BCUT2D eigenvalue weighted by Crippen LogP contribution is -2.07. The van der Waals surface area contributed by atoms with E-state index in [0.29, 0.717) is 17.3 Å². The molecule has 112 valence electrons. The predicted octanol–water partition coefficient (Wildman–Crippen LogP) is 4.56. The van der Waals surface area contributed by atoms with Crippen molar-refractivity contribution in [3.05, 3.63) is 77.8 Å². The van der Waals surface area contributed by atoms with E-state index in [1.807, 2.05) is 18.2 Å². The number of carbonyl (C=O) groups excluding carboxylic acids is 1. The van der Waals surface area contributed by atoms with Gasteiger partial charge in [0.1, 0.15) is 12.4 Å². The Balaban J connectivity index is 1.94. The van der Waals surface area contributed by atoms with Gasteiger partial charge in [0.15, 0.2) is 0 Å². The third-order valence-electron chi connectivity index (χ3n) is 2.81. The van der Waals surface area contributed by atoms with Gasteiger partial charge in [-0.25, -0.2) is 0 Å². The number of rotatable bonds is 6. The molecule has 0 aliphatic rings. The number of carbonyl (C=O) groups is 1. The topological polar surface area (TPSA) is 38.3 Å². The van der Waals surface area contributed by atoms with Crippen LogP contribution < -0.4 is 10.1 Å². The van der Waals surface area contributed by atoms with Crippen molar-refractivity contribution in [3.8, 4) is 5.75 Å². The molecular weight excluding hydrogens is 298 g/mol. The molecule has 0 aliphatic carbocycles. The van der Waals surface area contributed by atoms with E-state index in [0.717, 1.165) is 11.3 Å². The van der Waals surface area contributed by atoms with Crippen LogP contribution >= 0.6 is 11.6 Å². The van der Waals surface area contributed by atoms with Crippen LogP contribution in [-0.4, -0.2) is 12.5 Å². The van der Waals surface area contributed by atoms with Gasteiger partial charge in [0.2, 0.25) is 5.91 Å². The fraction of sp³-hybridized carbons (Fsp3) is 0.0556. The third kappa shape index (κ3) is 4.79. The molecule has 0 atom stereocenters. The molecule has 0 saturated carbocycles. The first-order valence-electron chi connectivity index (χ1n) is 6.76. The second-order valence-electron chi connectivity index (χ2n) is 4.47. The second kappa shape index (κ2) is 8.05. The number of ether oxygens (including phenoxy) is 1. The molecule has 2 rings (SSSR count). The fourth-order valence-electron chi connectivity index (χ4n) is 1.75. The van der Waals surface area contributed by atoms with Crippen molar-refractivity contribution < 1.29 is 9.53 Å². The summed E-state index contributed by atoms with van der Waals surface area (Å²) in [6.45, 7) is 4.04. The van der Waals surface area contributed by atoms with Gasteiger partial charge < -0.3 is 10.1 Å². The standard InChI is InChI=1S/C18H16ClNO2/c1-2-13-22-16-10-8-15(9-11-16)20-18(21)12-7-14-5-3-4-6-17(14)19/h2-12H,1,13H2,(H,20,21). The first-order valence-corrected chi connectivity index (χ1v) is 7.14. The number of halogens is 1. The van der Waals surface area contributed by atoms with Gasteiger partial charge in [-0.2, -0.15) is 0 Å². The predicted molar refractivity (Wildman–Crippen MR) is 91.2 cm³/mol. The molecule has 2 aromatic carbocycles. The quantitative estimate of drug-likeness (QED) is 0.627. The molecule has 0 unspecified atom stereocenters. The number of amides is 1. The van der Waals surface area contributed by atoms with Crippen molar-refractivity contribution in [3.63, 3.8) is 0 Å². The number of nitrogens with one attached hydrogen (secondary N) is 1. The van der Waals surface area contributed by atoms with Crippen LogP contribution in [0.3, 0.4) is 0 Å². The van der Waals surface area contributed by atoms with E-state index in [1.165, 1.54) is 6.08 Å². The van der Waals surface area contributed by atoms with Crippen LogP contribution in [0.15, 0.2) is 67.3 Å². The molecule has 0 bridgehead atoms. The maximum Gasteiger partial charge on any atom is 0.248 e. The zero-order valence-electron chi connectivity index (χ0n) is 12.0. The molecule has 22 heavy (non-hydrogen) atoms. The Bertz CT molecular complexity index is 678. The van der Waals surface area contributed by atoms with Crippen LogP contribution in [0.2, 0.25) is 5.02 Å². The van der Waals surface area contributed by atoms with Crippen molar-refractivity contribution in [2.75, 3.05) is 11.9 Å². The fourth-order valence-corrected chi connectivity index (χ4v) is 1.95. The highest BCUT2D eigenvalue weighted by Crippen LogP contribution is 2.17. The van der Waals surface area contributed by atoms with Gasteiger partial charge in [0, 0.05) is 16.8 Å². The lowest BCUT2D eigenvalue weighted by molar-refractivity contribution is -0.111. The average Bonchev–Trinajstić information content (AvgIpc) is 2.53. The van der Waals surface area contributed by atoms with Crippen molar-refractivity contribution in [2.24, 2.45) is 0 Å². The zero-order chi connectivity index (χ0) is 15.8. The van der Waals surface area contributed by atoms with E-state index >= 15 is 0 Å². The first kappa shape index (κ1) is 15.9. The van der Waals surface area contributed by atoms with Crippen LogP contribution in [0.5, 0.6) is 5.75 Å². The molecular formula is C18H16ClNO2. The average molecular weight is 314 g/mol. The normalized spacial score (nSPS) is 10.4. The van der Waals surface area contributed by atoms with E-state index in [2.05, 4.69) is 11.9 Å². The largest absolute Gasteiger partial charge is 0.490 e. The van der Waals surface area contributed by atoms with Gasteiger partial charge in [0.25, 0.3) is 0 Å². The van der Waals surface area contributed by atoms with Gasteiger partial charge >= 0.3 is 0 Å². The Morgan fingerprint density at radius 3 is 2.59 bits per heavy atom. The lowest BCUT2D eigenvalue weighted by Gasteiger charge is -2.05. The van der Waals surface area contributed by atoms with E-state index in [-0.39, 0.29) is 5.91 Å². The summed E-state index contributed by atoms with van der Waals surface area (Å²) in [5.74, 6) is 0.504. The Labute approximate surface area is 134 Å². The van der Waals surface area contributed by atoms with Crippen molar-refractivity contribution >= 4 is 29.3 Å². The molecule has 0 radical (unpaired) electrons. The van der Waals surface area contributed by atoms with Gasteiger partial charge in [-0.1, -0.05) is 42.5 Å². The van der Waals surface area contributed by atoms with Gasteiger partial charge in [0.05, 0.1) is 0 Å². The summed E-state index contributed by atoms with van der Waals surface area (Å²) < 4.78 is 5.37. The molecule has 3 nitrogen and oxygen atoms in total. The first-order chi connectivity index (χ1) is 10.7.